The van der Waals surface area contributed by atoms with Gasteiger partial charge in [0.25, 0.3) is 0 Å². The molecular formula is C15H15NO3. The number of aryl methyl sites for hydroxylation is 2. The number of carbonyl (C=O) groups excluding carboxylic acids is 2. The van der Waals surface area contributed by atoms with Gasteiger partial charge >= 0.3 is 0 Å². The van der Waals surface area contributed by atoms with Gasteiger partial charge in [-0.15, -0.1) is 0 Å². The Bertz CT molecular complexity index is 569. The molecule has 2 rings (SSSR count). The molecule has 4 nitrogen and oxygen atoms in total. The third-order valence-electron chi connectivity index (χ3n) is 2.73. The van der Waals surface area contributed by atoms with E-state index in [2.05, 4.69) is 5.32 Å². The van der Waals surface area contributed by atoms with Gasteiger partial charge in [0, 0.05) is 24.1 Å². The maximum Gasteiger partial charge on any atom is 0.224 e. The minimum Gasteiger partial charge on any atom is -0.466 e. The maximum absolute atomic E-state index is 11.7. The first-order valence-electron chi connectivity index (χ1n) is 6.08. The van der Waals surface area contributed by atoms with E-state index < -0.39 is 0 Å². The van der Waals surface area contributed by atoms with E-state index in [0.29, 0.717) is 24.1 Å². The number of amides is 1. The van der Waals surface area contributed by atoms with E-state index in [4.69, 9.17) is 4.42 Å². The zero-order valence-electron chi connectivity index (χ0n) is 10.7. The molecule has 19 heavy (non-hydrogen) atoms. The Hall–Kier alpha value is -2.36. The molecule has 0 atom stereocenters. The van der Waals surface area contributed by atoms with Crippen LogP contribution >= 0.6 is 0 Å². The van der Waals surface area contributed by atoms with Gasteiger partial charge in [0.2, 0.25) is 5.91 Å². The fourth-order valence-electron chi connectivity index (χ4n) is 1.72. The third kappa shape index (κ3) is 3.81. The Labute approximate surface area is 111 Å². The quantitative estimate of drug-likeness (QED) is 0.838. The van der Waals surface area contributed by atoms with Crippen molar-refractivity contribution in [2.24, 2.45) is 0 Å². The van der Waals surface area contributed by atoms with E-state index in [1.54, 1.807) is 24.3 Å². The summed E-state index contributed by atoms with van der Waals surface area (Å²) in [5.41, 5.74) is 1.27. The Morgan fingerprint density at radius 3 is 2.53 bits per heavy atom. The number of rotatable bonds is 5. The van der Waals surface area contributed by atoms with Crippen LogP contribution in [0.3, 0.4) is 0 Å². The van der Waals surface area contributed by atoms with Gasteiger partial charge < -0.3 is 9.73 Å². The third-order valence-corrected chi connectivity index (χ3v) is 2.73. The number of carbonyl (C=O) groups is 2. The number of nitrogens with one attached hydrogen (secondary N) is 1. The van der Waals surface area contributed by atoms with Crippen LogP contribution in [-0.2, 0) is 11.2 Å². The van der Waals surface area contributed by atoms with Crippen LogP contribution in [0.15, 0.2) is 40.8 Å². The Kier molecular flexibility index (Phi) is 4.13. The summed E-state index contributed by atoms with van der Waals surface area (Å²) in [6, 6.07) is 10.5. The van der Waals surface area contributed by atoms with Gasteiger partial charge in [-0.1, -0.05) is 0 Å². The number of furan rings is 1. The fourth-order valence-corrected chi connectivity index (χ4v) is 1.72. The molecule has 0 aliphatic heterocycles. The van der Waals surface area contributed by atoms with Gasteiger partial charge in [0.05, 0.1) is 0 Å². The molecule has 1 aromatic heterocycles. The minimum atomic E-state index is -0.0760. The molecule has 0 spiro atoms. The molecule has 0 aliphatic carbocycles. The zero-order valence-corrected chi connectivity index (χ0v) is 10.7. The van der Waals surface area contributed by atoms with E-state index in [0.717, 1.165) is 17.8 Å². The topological polar surface area (TPSA) is 59.3 Å². The van der Waals surface area contributed by atoms with Crippen LogP contribution in [0.1, 0.15) is 28.3 Å². The highest BCUT2D eigenvalue weighted by Crippen LogP contribution is 2.11. The molecule has 0 bridgehead atoms. The van der Waals surface area contributed by atoms with Gasteiger partial charge in [-0.2, -0.15) is 0 Å². The molecule has 0 fully saturated rings. The van der Waals surface area contributed by atoms with Crippen LogP contribution in [-0.4, -0.2) is 12.2 Å². The molecule has 0 aliphatic rings. The van der Waals surface area contributed by atoms with Gasteiger partial charge in [0.1, 0.15) is 17.8 Å². The first-order valence-corrected chi connectivity index (χ1v) is 6.08. The van der Waals surface area contributed by atoms with Crippen molar-refractivity contribution in [1.29, 1.82) is 0 Å². The lowest BCUT2D eigenvalue weighted by molar-refractivity contribution is -0.116. The van der Waals surface area contributed by atoms with Crippen LogP contribution in [0.5, 0.6) is 0 Å². The Morgan fingerprint density at radius 2 is 1.95 bits per heavy atom. The van der Waals surface area contributed by atoms with E-state index >= 15 is 0 Å². The summed E-state index contributed by atoms with van der Waals surface area (Å²) in [7, 11) is 0. The predicted octanol–water partition coefficient (Wildman–Crippen LogP) is 2.97. The number of hydrogen-bond donors (Lipinski definition) is 1. The van der Waals surface area contributed by atoms with Gasteiger partial charge in [-0.3, -0.25) is 9.59 Å². The van der Waals surface area contributed by atoms with Gasteiger partial charge in [0.15, 0.2) is 0 Å². The summed E-state index contributed by atoms with van der Waals surface area (Å²) in [6.45, 7) is 1.87. The summed E-state index contributed by atoms with van der Waals surface area (Å²) < 4.78 is 5.40. The number of aldehydes is 1. The number of benzene rings is 1. The van der Waals surface area contributed by atoms with Crippen molar-refractivity contribution in [3.05, 3.63) is 53.5 Å². The van der Waals surface area contributed by atoms with Crippen molar-refractivity contribution in [1.82, 2.24) is 0 Å². The monoisotopic (exact) mass is 257 g/mol. The van der Waals surface area contributed by atoms with Crippen LogP contribution in [0, 0.1) is 6.92 Å². The largest absolute Gasteiger partial charge is 0.466 e. The fraction of sp³-hybridized carbons (Fsp3) is 0.200. The molecule has 1 aromatic carbocycles. The van der Waals surface area contributed by atoms with E-state index in [9.17, 15) is 9.59 Å². The predicted molar refractivity (Wildman–Crippen MR) is 72.2 cm³/mol. The van der Waals surface area contributed by atoms with E-state index in [1.807, 2.05) is 19.1 Å². The lowest BCUT2D eigenvalue weighted by Crippen LogP contribution is -2.12. The van der Waals surface area contributed by atoms with Crippen LogP contribution in [0.2, 0.25) is 0 Å². The first kappa shape index (κ1) is 13.1. The highest BCUT2D eigenvalue weighted by atomic mass is 16.3. The van der Waals surface area contributed by atoms with Crippen molar-refractivity contribution >= 4 is 17.9 Å². The summed E-state index contributed by atoms with van der Waals surface area (Å²) in [5, 5.41) is 2.77. The highest BCUT2D eigenvalue weighted by molar-refractivity contribution is 5.91. The van der Waals surface area contributed by atoms with Crippen molar-refractivity contribution in [2.75, 3.05) is 5.32 Å². The molecular weight excluding hydrogens is 242 g/mol. The first-order chi connectivity index (χ1) is 9.17. The van der Waals surface area contributed by atoms with Crippen molar-refractivity contribution in [3.8, 4) is 0 Å². The molecule has 0 saturated heterocycles. The molecule has 0 unspecified atom stereocenters. The number of anilines is 1. The Morgan fingerprint density at radius 1 is 1.21 bits per heavy atom. The molecule has 1 amide bonds. The smallest absolute Gasteiger partial charge is 0.224 e. The lowest BCUT2D eigenvalue weighted by Gasteiger charge is -2.04. The van der Waals surface area contributed by atoms with Gasteiger partial charge in [-0.05, 0) is 43.3 Å². The Balaban J connectivity index is 1.85. The van der Waals surface area contributed by atoms with Crippen molar-refractivity contribution in [2.45, 2.75) is 19.8 Å². The average Bonchev–Trinajstić information content (AvgIpc) is 2.83. The van der Waals surface area contributed by atoms with Crippen LogP contribution in [0.25, 0.3) is 0 Å². The molecule has 98 valence electrons. The molecule has 0 radical (unpaired) electrons. The molecule has 0 saturated carbocycles. The molecule has 1 heterocycles. The highest BCUT2D eigenvalue weighted by Gasteiger charge is 2.05. The maximum atomic E-state index is 11.7. The summed E-state index contributed by atoms with van der Waals surface area (Å²) in [4.78, 5) is 22.2. The summed E-state index contributed by atoms with van der Waals surface area (Å²) in [5.74, 6) is 1.58. The molecule has 2 aromatic rings. The van der Waals surface area contributed by atoms with E-state index in [-0.39, 0.29) is 5.91 Å². The standard InChI is InChI=1S/C15H15NO3/c1-11-2-7-14(19-11)8-9-15(18)16-13-5-3-12(10-17)4-6-13/h2-7,10H,8-9H2,1H3,(H,16,18). The second-order valence-corrected chi connectivity index (χ2v) is 4.30. The van der Waals surface area contributed by atoms with E-state index in [1.165, 1.54) is 0 Å². The summed E-state index contributed by atoms with van der Waals surface area (Å²) >= 11 is 0. The second-order valence-electron chi connectivity index (χ2n) is 4.30. The second kappa shape index (κ2) is 6.00. The van der Waals surface area contributed by atoms with Crippen LogP contribution in [0.4, 0.5) is 5.69 Å². The SMILES string of the molecule is Cc1ccc(CCC(=O)Nc2ccc(C=O)cc2)o1. The van der Waals surface area contributed by atoms with Gasteiger partial charge in [-0.25, -0.2) is 0 Å². The summed E-state index contributed by atoms with van der Waals surface area (Å²) in [6.07, 6.45) is 1.71. The lowest BCUT2D eigenvalue weighted by atomic mass is 10.2. The van der Waals surface area contributed by atoms with Crippen molar-refractivity contribution in [3.63, 3.8) is 0 Å². The molecule has 1 N–H and O–H groups in total. The zero-order chi connectivity index (χ0) is 13.7. The normalized spacial score (nSPS) is 10.2. The van der Waals surface area contributed by atoms with Crippen molar-refractivity contribution < 1.29 is 14.0 Å². The minimum absolute atomic E-state index is 0.0760. The average molecular weight is 257 g/mol. The molecule has 4 heteroatoms. The van der Waals surface area contributed by atoms with Crippen LogP contribution < -0.4 is 5.32 Å². The number of hydrogen-bond acceptors (Lipinski definition) is 3.